The van der Waals surface area contributed by atoms with Crippen LogP contribution in [0.25, 0.3) is 33.8 Å². The van der Waals surface area contributed by atoms with Gasteiger partial charge in [-0.15, -0.1) is 0 Å². The van der Waals surface area contributed by atoms with Gasteiger partial charge < -0.3 is 5.32 Å². The SMILES string of the molecule is Cc1cccc(-c2nn(CC(=O)Nc3cccc(C#N)c3)cc2-c2ccnc(-c3ccccc3)c2)n1. The second-order valence-electron chi connectivity index (χ2n) is 8.29. The van der Waals surface area contributed by atoms with Crippen molar-refractivity contribution >= 4 is 11.6 Å². The van der Waals surface area contributed by atoms with Crippen molar-refractivity contribution in [3.63, 3.8) is 0 Å². The largest absolute Gasteiger partial charge is 0.324 e. The molecular formula is C29H22N6O. The molecule has 0 radical (unpaired) electrons. The maximum atomic E-state index is 12.8. The first kappa shape index (κ1) is 22.7. The Balaban J connectivity index is 1.50. The maximum Gasteiger partial charge on any atom is 0.246 e. The number of carbonyl (C=O) groups is 1. The Morgan fingerprint density at radius 2 is 1.78 bits per heavy atom. The summed E-state index contributed by atoms with van der Waals surface area (Å²) in [6.07, 6.45) is 3.63. The van der Waals surface area contributed by atoms with E-state index >= 15 is 0 Å². The van der Waals surface area contributed by atoms with Gasteiger partial charge in [0.15, 0.2) is 0 Å². The summed E-state index contributed by atoms with van der Waals surface area (Å²) < 4.78 is 1.61. The molecule has 0 aliphatic rings. The molecule has 5 aromatic rings. The van der Waals surface area contributed by atoms with E-state index in [0.29, 0.717) is 16.9 Å². The Bertz CT molecular complexity index is 1580. The number of benzene rings is 2. The highest BCUT2D eigenvalue weighted by molar-refractivity contribution is 5.91. The normalized spacial score (nSPS) is 10.6. The molecule has 0 atom stereocenters. The topological polar surface area (TPSA) is 96.5 Å². The minimum absolute atomic E-state index is 0.00617. The molecule has 0 fully saturated rings. The van der Waals surface area contributed by atoms with Gasteiger partial charge >= 0.3 is 0 Å². The highest BCUT2D eigenvalue weighted by atomic mass is 16.2. The summed E-state index contributed by atoms with van der Waals surface area (Å²) in [5.74, 6) is -0.248. The molecule has 3 heterocycles. The van der Waals surface area contributed by atoms with Gasteiger partial charge in [-0.05, 0) is 55.0 Å². The smallest absolute Gasteiger partial charge is 0.246 e. The van der Waals surface area contributed by atoms with Gasteiger partial charge in [0.05, 0.1) is 23.0 Å². The number of nitriles is 1. The van der Waals surface area contributed by atoms with Crippen molar-refractivity contribution in [2.45, 2.75) is 13.5 Å². The summed E-state index contributed by atoms with van der Waals surface area (Å²) in [5.41, 5.74) is 6.97. The van der Waals surface area contributed by atoms with Gasteiger partial charge in [0.25, 0.3) is 0 Å². The number of carbonyl (C=O) groups excluding carboxylic acids is 1. The number of hydrogen-bond acceptors (Lipinski definition) is 5. The van der Waals surface area contributed by atoms with E-state index in [2.05, 4.69) is 21.4 Å². The number of aromatic nitrogens is 4. The molecule has 36 heavy (non-hydrogen) atoms. The molecule has 1 amide bonds. The highest BCUT2D eigenvalue weighted by Gasteiger charge is 2.17. The van der Waals surface area contributed by atoms with Crippen LogP contribution in [0.1, 0.15) is 11.3 Å². The molecule has 5 rings (SSSR count). The first-order valence-corrected chi connectivity index (χ1v) is 11.4. The van der Waals surface area contributed by atoms with Crippen LogP contribution in [-0.4, -0.2) is 25.7 Å². The van der Waals surface area contributed by atoms with E-state index in [9.17, 15) is 4.79 Å². The van der Waals surface area contributed by atoms with Crippen LogP contribution < -0.4 is 5.32 Å². The minimum Gasteiger partial charge on any atom is -0.324 e. The molecule has 0 bridgehead atoms. The standard InChI is InChI=1S/C29H22N6O/c1-20-7-5-12-26(32-20)29-25(23-13-14-31-27(16-23)22-9-3-2-4-10-22)18-35(34-29)19-28(36)33-24-11-6-8-21(15-24)17-30/h2-16,18H,19H2,1H3,(H,33,36). The Labute approximate surface area is 208 Å². The lowest BCUT2D eigenvalue weighted by atomic mass is 10.0. The van der Waals surface area contributed by atoms with Crippen LogP contribution in [0.5, 0.6) is 0 Å². The molecule has 0 aliphatic carbocycles. The van der Waals surface area contributed by atoms with Crippen molar-refractivity contribution in [2.75, 3.05) is 5.32 Å². The van der Waals surface area contributed by atoms with E-state index in [1.807, 2.05) is 73.8 Å². The number of pyridine rings is 2. The van der Waals surface area contributed by atoms with E-state index in [-0.39, 0.29) is 12.5 Å². The highest BCUT2D eigenvalue weighted by Crippen LogP contribution is 2.32. The average molecular weight is 471 g/mol. The lowest BCUT2D eigenvalue weighted by molar-refractivity contribution is -0.116. The Morgan fingerprint density at radius 1 is 0.944 bits per heavy atom. The van der Waals surface area contributed by atoms with Crippen molar-refractivity contribution in [2.24, 2.45) is 0 Å². The quantitative estimate of drug-likeness (QED) is 0.354. The van der Waals surface area contributed by atoms with Gasteiger partial charge in [0, 0.05) is 34.9 Å². The van der Waals surface area contributed by atoms with Crippen molar-refractivity contribution in [3.8, 4) is 39.8 Å². The molecule has 174 valence electrons. The van der Waals surface area contributed by atoms with Crippen LogP contribution in [0.3, 0.4) is 0 Å². The molecule has 3 aromatic heterocycles. The van der Waals surface area contributed by atoms with Crippen LogP contribution in [-0.2, 0) is 11.3 Å². The predicted molar refractivity (Wildman–Crippen MR) is 139 cm³/mol. The van der Waals surface area contributed by atoms with Gasteiger partial charge in [0.1, 0.15) is 12.2 Å². The predicted octanol–water partition coefficient (Wildman–Crippen LogP) is 5.49. The number of anilines is 1. The number of nitrogens with one attached hydrogen (secondary N) is 1. The monoisotopic (exact) mass is 470 g/mol. The maximum absolute atomic E-state index is 12.8. The minimum atomic E-state index is -0.248. The van der Waals surface area contributed by atoms with Crippen LogP contribution in [0, 0.1) is 18.3 Å². The first-order chi connectivity index (χ1) is 17.6. The lowest BCUT2D eigenvalue weighted by Crippen LogP contribution is -2.19. The van der Waals surface area contributed by atoms with Crippen LogP contribution in [0.15, 0.2) is 97.3 Å². The number of nitrogens with zero attached hydrogens (tertiary/aromatic N) is 5. The third kappa shape index (κ3) is 5.03. The zero-order valence-electron chi connectivity index (χ0n) is 19.6. The second kappa shape index (κ2) is 10.0. The molecule has 0 saturated heterocycles. The molecule has 1 N–H and O–H groups in total. The van der Waals surface area contributed by atoms with E-state index < -0.39 is 0 Å². The fraction of sp³-hybridized carbons (Fsp3) is 0.0690. The Kier molecular flexibility index (Phi) is 6.33. The molecule has 0 saturated carbocycles. The van der Waals surface area contributed by atoms with Crippen molar-refractivity contribution in [1.82, 2.24) is 19.7 Å². The Hall–Kier alpha value is -5.09. The number of hydrogen-bond donors (Lipinski definition) is 1. The fourth-order valence-electron chi connectivity index (χ4n) is 3.96. The van der Waals surface area contributed by atoms with Crippen LogP contribution in [0.4, 0.5) is 5.69 Å². The van der Waals surface area contributed by atoms with E-state index in [1.54, 1.807) is 35.1 Å². The fourth-order valence-corrected chi connectivity index (χ4v) is 3.96. The van der Waals surface area contributed by atoms with E-state index in [0.717, 1.165) is 33.8 Å². The summed E-state index contributed by atoms with van der Waals surface area (Å²) in [6.45, 7) is 1.94. The second-order valence-corrected chi connectivity index (χ2v) is 8.29. The van der Waals surface area contributed by atoms with Gasteiger partial charge in [-0.2, -0.15) is 10.4 Å². The summed E-state index contributed by atoms with van der Waals surface area (Å²) in [5, 5.41) is 16.7. The third-order valence-corrected chi connectivity index (χ3v) is 5.61. The zero-order valence-corrected chi connectivity index (χ0v) is 19.6. The third-order valence-electron chi connectivity index (χ3n) is 5.61. The van der Waals surface area contributed by atoms with Gasteiger partial charge in [0.2, 0.25) is 5.91 Å². The van der Waals surface area contributed by atoms with Crippen molar-refractivity contribution in [1.29, 1.82) is 5.26 Å². The van der Waals surface area contributed by atoms with Gasteiger partial charge in [-0.1, -0.05) is 42.5 Å². The number of amides is 1. The summed E-state index contributed by atoms with van der Waals surface area (Å²) in [4.78, 5) is 22.0. The first-order valence-electron chi connectivity index (χ1n) is 11.4. The van der Waals surface area contributed by atoms with Crippen LogP contribution in [0.2, 0.25) is 0 Å². The van der Waals surface area contributed by atoms with Gasteiger partial charge in [-0.25, -0.2) is 0 Å². The zero-order chi connectivity index (χ0) is 24.9. The molecule has 7 heteroatoms. The summed E-state index contributed by atoms with van der Waals surface area (Å²) in [6, 6.07) is 28.6. The molecule has 0 aliphatic heterocycles. The van der Waals surface area contributed by atoms with E-state index in [4.69, 9.17) is 10.4 Å². The molecule has 7 nitrogen and oxygen atoms in total. The summed E-state index contributed by atoms with van der Waals surface area (Å²) in [7, 11) is 0. The van der Waals surface area contributed by atoms with Crippen molar-refractivity contribution in [3.05, 3.63) is 109 Å². The molecule has 0 unspecified atom stereocenters. The van der Waals surface area contributed by atoms with E-state index in [1.165, 1.54) is 0 Å². The molecule has 0 spiro atoms. The van der Waals surface area contributed by atoms with Crippen molar-refractivity contribution < 1.29 is 4.79 Å². The Morgan fingerprint density at radius 3 is 2.58 bits per heavy atom. The number of rotatable bonds is 6. The van der Waals surface area contributed by atoms with Crippen LogP contribution >= 0.6 is 0 Å². The molecular weight excluding hydrogens is 448 g/mol. The molecule has 2 aromatic carbocycles. The average Bonchev–Trinajstić information content (AvgIpc) is 3.33. The lowest BCUT2D eigenvalue weighted by Gasteiger charge is -2.06. The number of aryl methyl sites for hydroxylation is 1. The van der Waals surface area contributed by atoms with Gasteiger partial charge in [-0.3, -0.25) is 19.4 Å². The summed E-state index contributed by atoms with van der Waals surface area (Å²) >= 11 is 0.